The highest BCUT2D eigenvalue weighted by Crippen LogP contribution is 2.28. The molecule has 0 spiro atoms. The van der Waals surface area contributed by atoms with Gasteiger partial charge in [-0.25, -0.2) is 13.4 Å². The number of ether oxygens (including phenoxy) is 1. The molecule has 3 heterocycles. The maximum atomic E-state index is 12.7. The molecule has 1 N–H and O–H groups in total. The van der Waals surface area contributed by atoms with Gasteiger partial charge in [-0.1, -0.05) is 6.92 Å². The van der Waals surface area contributed by atoms with E-state index in [0.717, 1.165) is 31.7 Å². The van der Waals surface area contributed by atoms with Gasteiger partial charge in [-0.2, -0.15) is 4.31 Å². The summed E-state index contributed by atoms with van der Waals surface area (Å²) in [6.07, 6.45) is 0.893. The van der Waals surface area contributed by atoms with Crippen LogP contribution in [0.1, 0.15) is 27.9 Å². The van der Waals surface area contributed by atoms with Gasteiger partial charge in [0.15, 0.2) is 5.13 Å². The van der Waals surface area contributed by atoms with Crippen molar-refractivity contribution in [2.45, 2.75) is 24.8 Å². The van der Waals surface area contributed by atoms with Crippen molar-refractivity contribution in [2.75, 3.05) is 44.7 Å². The molecule has 164 valence electrons. The molecule has 30 heavy (non-hydrogen) atoms. The number of rotatable bonds is 5. The molecule has 0 radical (unpaired) electrons. The van der Waals surface area contributed by atoms with Crippen molar-refractivity contribution < 1.29 is 17.9 Å². The zero-order chi connectivity index (χ0) is 20.4. The molecule has 2 aliphatic heterocycles. The van der Waals surface area contributed by atoms with Gasteiger partial charge in [0.25, 0.3) is 5.91 Å². The van der Waals surface area contributed by atoms with Crippen LogP contribution in [0, 0.1) is 0 Å². The number of hydrogen-bond acceptors (Lipinski definition) is 7. The molecule has 1 aromatic heterocycles. The zero-order valence-electron chi connectivity index (χ0n) is 16.7. The first-order chi connectivity index (χ1) is 14.0. The van der Waals surface area contributed by atoms with Crippen molar-refractivity contribution in [3.63, 3.8) is 0 Å². The minimum Gasteiger partial charge on any atom is -0.379 e. The van der Waals surface area contributed by atoms with Gasteiger partial charge < -0.3 is 4.74 Å². The molecule has 0 aliphatic carbocycles. The molecule has 1 saturated heterocycles. The Balaban J connectivity index is 0.00000256. The summed E-state index contributed by atoms with van der Waals surface area (Å²) in [7, 11) is -3.57. The molecule has 0 unspecified atom stereocenters. The number of benzene rings is 1. The van der Waals surface area contributed by atoms with Gasteiger partial charge in [0, 0.05) is 43.0 Å². The summed E-state index contributed by atoms with van der Waals surface area (Å²) in [4.78, 5) is 20.8. The summed E-state index contributed by atoms with van der Waals surface area (Å²) in [5.41, 5.74) is 1.45. The van der Waals surface area contributed by atoms with Gasteiger partial charge in [0.2, 0.25) is 10.0 Å². The minimum atomic E-state index is -3.57. The van der Waals surface area contributed by atoms with Crippen LogP contribution in [0.3, 0.4) is 0 Å². The number of morpholine rings is 1. The Morgan fingerprint density at radius 3 is 2.57 bits per heavy atom. The van der Waals surface area contributed by atoms with Crippen LogP contribution in [0.5, 0.6) is 0 Å². The first kappa shape index (κ1) is 23.1. The van der Waals surface area contributed by atoms with Gasteiger partial charge in [-0.05, 0) is 30.8 Å². The number of halogens is 1. The van der Waals surface area contributed by atoms with E-state index < -0.39 is 10.0 Å². The molecule has 4 rings (SSSR count). The molecule has 2 aromatic rings. The summed E-state index contributed by atoms with van der Waals surface area (Å²) in [6, 6.07) is 6.03. The Bertz CT molecular complexity index is 988. The van der Waals surface area contributed by atoms with Crippen LogP contribution < -0.4 is 5.32 Å². The largest absolute Gasteiger partial charge is 0.379 e. The highest BCUT2D eigenvalue weighted by Gasteiger charge is 2.26. The average Bonchev–Trinajstić information content (AvgIpc) is 3.15. The summed E-state index contributed by atoms with van der Waals surface area (Å²) in [5, 5.41) is 3.43. The van der Waals surface area contributed by atoms with E-state index in [1.54, 1.807) is 0 Å². The molecule has 1 fully saturated rings. The van der Waals surface area contributed by atoms with Crippen molar-refractivity contribution in [3.05, 3.63) is 40.4 Å². The monoisotopic (exact) mass is 472 g/mol. The Labute approximate surface area is 186 Å². The topological polar surface area (TPSA) is 91.8 Å². The fourth-order valence-corrected chi connectivity index (χ4v) is 5.91. The first-order valence-electron chi connectivity index (χ1n) is 9.67. The molecule has 8 nitrogen and oxygen atoms in total. The SMILES string of the molecule is CCN1CCc2nc(NC(=O)c3ccc(S(=O)(=O)N4CCOCC4)cc3)sc2C1.Cl. The smallest absolute Gasteiger partial charge is 0.257 e. The number of nitrogens with zero attached hydrogens (tertiary/aromatic N) is 3. The Kier molecular flexibility index (Phi) is 7.48. The van der Waals surface area contributed by atoms with E-state index in [0.29, 0.717) is 37.0 Å². The summed E-state index contributed by atoms with van der Waals surface area (Å²) in [6.45, 7) is 6.47. The third-order valence-electron chi connectivity index (χ3n) is 5.20. The van der Waals surface area contributed by atoms with E-state index in [4.69, 9.17) is 4.74 Å². The number of thiazole rings is 1. The lowest BCUT2D eigenvalue weighted by Gasteiger charge is -2.26. The molecule has 0 bridgehead atoms. The predicted octanol–water partition coefficient (Wildman–Crippen LogP) is 2.22. The van der Waals surface area contributed by atoms with E-state index in [2.05, 4.69) is 22.1 Å². The number of fused-ring (bicyclic) bond motifs is 1. The lowest BCUT2D eigenvalue weighted by Crippen LogP contribution is -2.40. The zero-order valence-corrected chi connectivity index (χ0v) is 19.1. The fourth-order valence-electron chi connectivity index (χ4n) is 3.46. The lowest BCUT2D eigenvalue weighted by atomic mass is 10.2. The Morgan fingerprint density at radius 1 is 1.20 bits per heavy atom. The number of hydrogen-bond donors (Lipinski definition) is 1. The Hall–Kier alpha value is -1.56. The van der Waals surface area contributed by atoms with Crippen LogP contribution in [0.15, 0.2) is 29.2 Å². The molecule has 0 saturated carbocycles. The van der Waals surface area contributed by atoms with Gasteiger partial charge in [-0.3, -0.25) is 15.0 Å². The highest BCUT2D eigenvalue weighted by molar-refractivity contribution is 7.89. The molecular weight excluding hydrogens is 448 g/mol. The minimum absolute atomic E-state index is 0. The van der Waals surface area contributed by atoms with E-state index in [-0.39, 0.29) is 23.2 Å². The number of nitrogens with one attached hydrogen (secondary N) is 1. The van der Waals surface area contributed by atoms with Crippen LogP contribution in [0.25, 0.3) is 0 Å². The maximum Gasteiger partial charge on any atom is 0.257 e. The second-order valence-electron chi connectivity index (χ2n) is 7.00. The van der Waals surface area contributed by atoms with E-state index in [1.165, 1.54) is 44.8 Å². The van der Waals surface area contributed by atoms with E-state index in [9.17, 15) is 13.2 Å². The van der Waals surface area contributed by atoms with Crippen molar-refractivity contribution in [1.82, 2.24) is 14.2 Å². The summed E-state index contributed by atoms with van der Waals surface area (Å²) in [5.74, 6) is -0.293. The van der Waals surface area contributed by atoms with Crippen LogP contribution in [-0.4, -0.2) is 67.9 Å². The number of anilines is 1. The lowest BCUT2D eigenvalue weighted by molar-refractivity contribution is 0.0730. The van der Waals surface area contributed by atoms with Crippen LogP contribution in [0.4, 0.5) is 5.13 Å². The van der Waals surface area contributed by atoms with Gasteiger partial charge in [-0.15, -0.1) is 23.7 Å². The van der Waals surface area contributed by atoms with Crippen LogP contribution in [-0.2, 0) is 27.7 Å². The van der Waals surface area contributed by atoms with Gasteiger partial charge in [0.1, 0.15) is 0 Å². The van der Waals surface area contributed by atoms with E-state index >= 15 is 0 Å². The third-order valence-corrected chi connectivity index (χ3v) is 8.11. The number of likely N-dealkylation sites (N-methyl/N-ethyl adjacent to an activating group) is 1. The van der Waals surface area contributed by atoms with Crippen molar-refractivity contribution in [2.24, 2.45) is 0 Å². The summed E-state index contributed by atoms with van der Waals surface area (Å²) < 4.78 is 32.0. The Morgan fingerprint density at radius 2 is 1.90 bits per heavy atom. The average molecular weight is 473 g/mol. The van der Waals surface area contributed by atoms with Crippen molar-refractivity contribution in [3.8, 4) is 0 Å². The maximum absolute atomic E-state index is 12.7. The summed E-state index contributed by atoms with van der Waals surface area (Å²) >= 11 is 1.50. The van der Waals surface area contributed by atoms with Crippen LogP contribution >= 0.6 is 23.7 Å². The number of sulfonamides is 1. The second kappa shape index (κ2) is 9.71. The molecule has 1 aromatic carbocycles. The fraction of sp³-hybridized carbons (Fsp3) is 0.474. The molecule has 0 atom stereocenters. The number of amides is 1. The van der Waals surface area contributed by atoms with Crippen molar-refractivity contribution in [1.29, 1.82) is 0 Å². The first-order valence-corrected chi connectivity index (χ1v) is 11.9. The van der Waals surface area contributed by atoms with Crippen LogP contribution in [0.2, 0.25) is 0 Å². The number of carbonyl (C=O) groups excluding carboxylic acids is 1. The van der Waals surface area contributed by atoms with Gasteiger partial charge in [0.05, 0.1) is 23.8 Å². The standard InChI is InChI=1S/C19H24N4O4S2.ClH/c1-2-22-8-7-16-17(13-22)28-19(20-16)21-18(24)14-3-5-15(6-4-14)29(25,26)23-9-11-27-12-10-23;/h3-6H,2,7-13H2,1H3,(H,20,21,24);1H. The second-order valence-corrected chi connectivity index (χ2v) is 10.0. The number of carbonyl (C=O) groups is 1. The predicted molar refractivity (Wildman–Crippen MR) is 118 cm³/mol. The normalized spacial score (nSPS) is 17.8. The van der Waals surface area contributed by atoms with E-state index in [1.807, 2.05) is 0 Å². The third kappa shape index (κ3) is 4.84. The number of aromatic nitrogens is 1. The quantitative estimate of drug-likeness (QED) is 0.717. The molecule has 2 aliphatic rings. The molecular formula is C19H25ClN4O4S2. The van der Waals surface area contributed by atoms with Crippen molar-refractivity contribution >= 4 is 44.8 Å². The highest BCUT2D eigenvalue weighted by atomic mass is 35.5. The molecule has 11 heteroatoms. The van der Waals surface area contributed by atoms with Gasteiger partial charge >= 0.3 is 0 Å². The molecule has 1 amide bonds.